The minimum absolute atomic E-state index is 0.00711. The van der Waals surface area contributed by atoms with E-state index in [4.69, 9.17) is 23.7 Å². The molecule has 0 bridgehead atoms. The lowest BCUT2D eigenvalue weighted by Crippen LogP contribution is -2.59. The van der Waals surface area contributed by atoms with Crippen molar-refractivity contribution in [2.45, 2.75) is 164 Å². The second-order valence-corrected chi connectivity index (χ2v) is 20.8. The number of carbonyl (C=O) groups is 4. The highest BCUT2D eigenvalue weighted by Gasteiger charge is 2.63. The summed E-state index contributed by atoms with van der Waals surface area (Å²) >= 11 is 2.09. The van der Waals surface area contributed by atoms with Crippen molar-refractivity contribution < 1.29 is 48.0 Å². The number of fused-ring (bicyclic) bond motifs is 2. The molecule has 3 unspecified atom stereocenters. The first-order valence-corrected chi connectivity index (χ1v) is 23.9. The number of aromatic nitrogens is 2. The Balaban J connectivity index is 1.30. The van der Waals surface area contributed by atoms with Gasteiger partial charge in [0.15, 0.2) is 18.2 Å². The van der Waals surface area contributed by atoms with E-state index in [2.05, 4.69) is 51.0 Å². The first kappa shape index (κ1) is 49.2. The maximum absolute atomic E-state index is 15.0. The van der Waals surface area contributed by atoms with Crippen LogP contribution < -0.4 is 0 Å². The smallest absolute Gasteiger partial charge is 0.412 e. The Hall–Kier alpha value is -3.25. The Bertz CT molecular complexity index is 2000. The molecule has 2 aromatic heterocycles. The van der Waals surface area contributed by atoms with E-state index in [0.29, 0.717) is 24.8 Å². The normalized spacial score (nSPS) is 37.7. The maximum Gasteiger partial charge on any atom is 0.412 e. The zero-order valence-electron chi connectivity index (χ0n) is 38.8. The number of hydrogen-bond acceptors (Lipinski definition) is 13. The fourth-order valence-electron chi connectivity index (χ4n) is 11.0. The molecule has 14 nitrogen and oxygen atoms in total. The molecule has 4 fully saturated rings. The minimum atomic E-state index is -1.44. The monoisotopic (exact) mass is 988 g/mol. The SMILES string of the molecule is C=C[C@@]1(OC)C[C@@H](C)C(=O)[C@H](C)[C@H]2N(C3CCC(CCC(C)c4c(O)cnc5cccnc45)C3)C(=O)O[C@]2(I)[C@@H](CC)OC(=O)[C@H](C)C(=O)[C@H](C)[C@H]1O[C@H]1C[C@@H](N(C)C)C[C@@H](C)O1. The summed E-state index contributed by atoms with van der Waals surface area (Å²) < 4.78 is 30.6. The molecule has 3 saturated heterocycles. The molecule has 15 atom stereocenters. The van der Waals surface area contributed by atoms with Crippen LogP contribution in [-0.4, -0.2) is 122 Å². The van der Waals surface area contributed by atoms with Crippen LogP contribution in [0.25, 0.3) is 11.0 Å². The van der Waals surface area contributed by atoms with Crippen LogP contribution in [0.5, 0.6) is 5.75 Å². The molecule has 4 aliphatic rings. The first-order chi connectivity index (χ1) is 29.8. The number of halogens is 1. The summed E-state index contributed by atoms with van der Waals surface area (Å²) in [6.07, 6.45) is 7.14. The highest BCUT2D eigenvalue weighted by molar-refractivity contribution is 14.1. The van der Waals surface area contributed by atoms with E-state index in [-0.39, 0.29) is 54.4 Å². The molecule has 1 amide bonds. The Morgan fingerprint density at radius 3 is 2.46 bits per heavy atom. The van der Waals surface area contributed by atoms with Crippen molar-refractivity contribution in [1.29, 1.82) is 0 Å². The van der Waals surface area contributed by atoms with Crippen LogP contribution in [0, 0.1) is 29.6 Å². The molecule has 1 saturated carbocycles. The summed E-state index contributed by atoms with van der Waals surface area (Å²) in [6.45, 7) is 17.0. The number of rotatable bonds is 11. The van der Waals surface area contributed by atoms with Gasteiger partial charge in [-0.15, -0.1) is 6.58 Å². The van der Waals surface area contributed by atoms with Gasteiger partial charge < -0.3 is 33.7 Å². The van der Waals surface area contributed by atoms with Crippen molar-refractivity contribution in [3.63, 3.8) is 0 Å². The first-order valence-electron chi connectivity index (χ1n) is 22.9. The lowest BCUT2D eigenvalue weighted by atomic mass is 9.74. The molecule has 0 radical (unpaired) electrons. The van der Waals surface area contributed by atoms with Crippen LogP contribution in [0.15, 0.2) is 37.2 Å². The van der Waals surface area contributed by atoms with Crippen LogP contribution in [0.2, 0.25) is 0 Å². The molecule has 0 aromatic carbocycles. The fourth-order valence-corrected chi connectivity index (χ4v) is 12.6. The summed E-state index contributed by atoms with van der Waals surface area (Å²) in [6, 6.07) is 2.85. The number of hydrogen-bond donors (Lipinski definition) is 1. The largest absolute Gasteiger partial charge is 0.506 e. The van der Waals surface area contributed by atoms with E-state index >= 15 is 4.79 Å². The van der Waals surface area contributed by atoms with Crippen LogP contribution in [0.3, 0.4) is 0 Å². The van der Waals surface area contributed by atoms with E-state index in [1.54, 1.807) is 24.1 Å². The molecule has 0 spiro atoms. The van der Waals surface area contributed by atoms with E-state index in [9.17, 15) is 19.5 Å². The number of cyclic esters (lactones) is 1. The van der Waals surface area contributed by atoms with E-state index in [1.165, 1.54) is 20.2 Å². The van der Waals surface area contributed by atoms with Crippen LogP contribution in [-0.2, 0) is 38.1 Å². The van der Waals surface area contributed by atoms with Gasteiger partial charge in [0.05, 0.1) is 29.4 Å². The van der Waals surface area contributed by atoms with Crippen molar-refractivity contribution in [1.82, 2.24) is 19.8 Å². The summed E-state index contributed by atoms with van der Waals surface area (Å²) in [7, 11) is 5.55. The third kappa shape index (κ3) is 9.83. The zero-order valence-corrected chi connectivity index (χ0v) is 40.9. The number of ketones is 2. The number of nitrogens with zero attached hydrogens (tertiary/aromatic N) is 4. The van der Waals surface area contributed by atoms with Gasteiger partial charge >= 0.3 is 12.1 Å². The average molecular weight is 989 g/mol. The zero-order chi connectivity index (χ0) is 46.1. The van der Waals surface area contributed by atoms with Crippen molar-refractivity contribution in [3.05, 3.63) is 42.7 Å². The van der Waals surface area contributed by atoms with Crippen LogP contribution in [0.4, 0.5) is 4.79 Å². The van der Waals surface area contributed by atoms with Gasteiger partial charge in [-0.2, -0.15) is 0 Å². The van der Waals surface area contributed by atoms with Gasteiger partial charge in [-0.3, -0.25) is 29.3 Å². The molecule has 1 N–H and O–H groups in total. The quantitative estimate of drug-likeness (QED) is 0.0754. The lowest BCUT2D eigenvalue weighted by Gasteiger charge is -2.46. The standard InChI is InChI=1S/C48H69IN4O10/c1-12-37-48(49)43(53(46(58)63-48)33-19-18-32(22-33)17-16-26(3)39-36(54)25-51-35-15-14-20-50-40(35)39)29(6)41(55)27(4)24-47(13-2,59-11)44(30(7)42(56)31(8)45(57)61-37)62-38-23-34(52(9)10)21-28(5)60-38/h13-15,20,25-34,37-38,43-44,54H,2,12,16-19,21-24H2,1,3-11H3/t26?,27-,28-,29+,30+,31-,32?,33?,34+,37-,38+,43-,44-,47-,48-/m1/s1. The molecular formula is C48H69IN4O10. The number of alkyl halides is 1. The summed E-state index contributed by atoms with van der Waals surface area (Å²) in [5, 5.41) is 10.8. The number of pyridine rings is 2. The highest BCUT2D eigenvalue weighted by atomic mass is 127. The molecule has 63 heavy (non-hydrogen) atoms. The third-order valence-corrected chi connectivity index (χ3v) is 16.2. The predicted molar refractivity (Wildman–Crippen MR) is 246 cm³/mol. The Labute approximate surface area is 386 Å². The summed E-state index contributed by atoms with van der Waals surface area (Å²) in [4.78, 5) is 70.8. The molecule has 2 aromatic rings. The van der Waals surface area contributed by atoms with Gasteiger partial charge in [0, 0.05) is 55.1 Å². The average Bonchev–Trinajstić information content (AvgIpc) is 3.84. The van der Waals surface area contributed by atoms with Gasteiger partial charge in [0.1, 0.15) is 29.2 Å². The van der Waals surface area contributed by atoms with E-state index in [0.717, 1.165) is 36.8 Å². The van der Waals surface area contributed by atoms with Crippen molar-refractivity contribution >= 4 is 57.3 Å². The minimum Gasteiger partial charge on any atom is -0.506 e. The number of amides is 1. The lowest BCUT2D eigenvalue weighted by molar-refractivity contribution is -0.257. The molecule has 15 heteroatoms. The number of aromatic hydroxyl groups is 1. The number of carbonyl (C=O) groups excluding carboxylic acids is 4. The Kier molecular flexibility index (Phi) is 15.7. The maximum atomic E-state index is 15.0. The number of Topliss-reactive ketones (excluding diaryl/α,β-unsaturated/α-hetero) is 2. The van der Waals surface area contributed by atoms with Crippen molar-refractivity contribution in [2.24, 2.45) is 29.6 Å². The highest BCUT2D eigenvalue weighted by Crippen LogP contribution is 2.50. The predicted octanol–water partition coefficient (Wildman–Crippen LogP) is 8.16. The summed E-state index contributed by atoms with van der Waals surface area (Å²) in [5.74, 6) is -4.41. The van der Waals surface area contributed by atoms with Crippen molar-refractivity contribution in [3.8, 4) is 5.75 Å². The number of esters is 1. The third-order valence-electron chi connectivity index (χ3n) is 14.7. The van der Waals surface area contributed by atoms with Gasteiger partial charge in [0.2, 0.25) is 3.61 Å². The molecule has 1 aliphatic carbocycles. The van der Waals surface area contributed by atoms with Crippen LogP contribution in [0.1, 0.15) is 118 Å². The molecule has 6 rings (SSSR count). The topological polar surface area (TPSA) is 167 Å². The van der Waals surface area contributed by atoms with E-state index in [1.807, 2.05) is 53.9 Å². The van der Waals surface area contributed by atoms with Crippen molar-refractivity contribution in [2.75, 3.05) is 21.2 Å². The molecule has 3 aliphatic heterocycles. The number of ether oxygens (including phenoxy) is 5. The van der Waals surface area contributed by atoms with Gasteiger partial charge in [-0.1, -0.05) is 40.7 Å². The fraction of sp³-hybridized carbons (Fsp3) is 0.708. The second-order valence-electron chi connectivity index (χ2n) is 19.1. The van der Waals surface area contributed by atoms with Crippen LogP contribution >= 0.6 is 22.6 Å². The molecule has 5 heterocycles. The Morgan fingerprint density at radius 1 is 1.06 bits per heavy atom. The van der Waals surface area contributed by atoms with E-state index < -0.39 is 75.3 Å². The Morgan fingerprint density at radius 2 is 1.79 bits per heavy atom. The number of methoxy groups -OCH3 is 1. The van der Waals surface area contributed by atoms with Gasteiger partial charge in [0.25, 0.3) is 0 Å². The van der Waals surface area contributed by atoms with Gasteiger partial charge in [-0.05, 0) is 126 Å². The summed E-state index contributed by atoms with van der Waals surface area (Å²) in [5.41, 5.74) is 0.851. The van der Waals surface area contributed by atoms with Gasteiger partial charge in [-0.25, -0.2) is 4.79 Å². The molecule has 348 valence electrons. The molecular weight excluding hydrogens is 919 g/mol. The second kappa shape index (κ2) is 20.1.